The van der Waals surface area contributed by atoms with Crippen LogP contribution in [0.3, 0.4) is 0 Å². The summed E-state index contributed by atoms with van der Waals surface area (Å²) in [5.41, 5.74) is 0. The number of carbonyl (C=O) groups is 3. The smallest absolute Gasteiger partial charge is 0.326 e. The van der Waals surface area contributed by atoms with Crippen LogP contribution in [-0.4, -0.2) is 45.5 Å². The van der Waals surface area contributed by atoms with Crippen molar-refractivity contribution in [2.75, 3.05) is 6.54 Å². The first-order valence-electron chi connectivity index (χ1n) is 7.31. The van der Waals surface area contributed by atoms with E-state index in [1.807, 2.05) is 27.7 Å². The zero-order valence-electron chi connectivity index (χ0n) is 13.5. The minimum absolute atomic E-state index is 0.0788. The molecular weight excluding hydrogens is 274 g/mol. The number of hydrogen-bond acceptors (Lipinski definition) is 3. The number of amides is 1. The Morgan fingerprint density at radius 2 is 1.43 bits per heavy atom. The predicted octanol–water partition coefficient (Wildman–Crippen LogP) is 2.08. The normalized spacial score (nSPS) is 14.0. The second-order valence-electron chi connectivity index (χ2n) is 6.37. The van der Waals surface area contributed by atoms with Crippen molar-refractivity contribution in [3.05, 3.63) is 0 Å². The number of hydrogen-bond donors (Lipinski definition) is 2. The molecule has 0 aromatic carbocycles. The highest BCUT2D eigenvalue weighted by molar-refractivity contribution is 5.84. The number of aliphatic carboxylic acids is 2. The number of rotatable bonds is 9. The molecule has 0 aliphatic heterocycles. The molecule has 0 aromatic heterocycles. The Morgan fingerprint density at radius 1 is 0.905 bits per heavy atom. The molecule has 0 radical (unpaired) electrons. The Labute approximate surface area is 126 Å². The van der Waals surface area contributed by atoms with Crippen molar-refractivity contribution >= 4 is 17.8 Å². The van der Waals surface area contributed by atoms with Gasteiger partial charge >= 0.3 is 11.9 Å². The van der Waals surface area contributed by atoms with Gasteiger partial charge in [0, 0.05) is 13.0 Å². The van der Waals surface area contributed by atoms with Gasteiger partial charge in [-0.2, -0.15) is 0 Å². The first-order valence-corrected chi connectivity index (χ1v) is 7.31. The lowest BCUT2D eigenvalue weighted by Gasteiger charge is -2.32. The third kappa shape index (κ3) is 7.11. The van der Waals surface area contributed by atoms with Crippen LogP contribution in [0.5, 0.6) is 0 Å². The summed E-state index contributed by atoms with van der Waals surface area (Å²) >= 11 is 0. The van der Waals surface area contributed by atoms with Gasteiger partial charge < -0.3 is 15.1 Å². The monoisotopic (exact) mass is 301 g/mol. The highest BCUT2D eigenvalue weighted by Gasteiger charge is 2.32. The van der Waals surface area contributed by atoms with Gasteiger partial charge in [0.15, 0.2) is 0 Å². The van der Waals surface area contributed by atoms with E-state index in [9.17, 15) is 19.5 Å². The van der Waals surface area contributed by atoms with Gasteiger partial charge in [-0.05, 0) is 18.3 Å². The zero-order valence-corrected chi connectivity index (χ0v) is 13.5. The third-order valence-corrected chi connectivity index (χ3v) is 3.15. The molecule has 0 fully saturated rings. The van der Waals surface area contributed by atoms with Crippen molar-refractivity contribution in [3.63, 3.8) is 0 Å². The van der Waals surface area contributed by atoms with Crippen LogP contribution in [0.2, 0.25) is 0 Å². The second kappa shape index (κ2) is 8.64. The molecule has 2 N–H and O–H groups in total. The Morgan fingerprint density at radius 3 is 1.76 bits per heavy atom. The Kier molecular flexibility index (Phi) is 7.99. The SMILES string of the molecule is CC(C)CC(=O)N(CC(C)C(=O)O)C(CC(C)C)C(=O)O. The maximum Gasteiger partial charge on any atom is 0.326 e. The molecule has 0 spiro atoms. The summed E-state index contributed by atoms with van der Waals surface area (Å²) in [7, 11) is 0. The minimum atomic E-state index is -1.08. The standard InChI is InChI=1S/C15H27NO5/c1-9(2)6-12(15(20)21)16(8-11(5)14(18)19)13(17)7-10(3)4/h9-12H,6-8H2,1-5H3,(H,18,19)(H,20,21). The lowest BCUT2D eigenvalue weighted by molar-refractivity contribution is -0.154. The molecule has 0 aliphatic carbocycles. The van der Waals surface area contributed by atoms with E-state index in [1.54, 1.807) is 0 Å². The van der Waals surface area contributed by atoms with E-state index in [0.717, 1.165) is 0 Å². The van der Waals surface area contributed by atoms with Gasteiger partial charge in [0.1, 0.15) is 6.04 Å². The topological polar surface area (TPSA) is 94.9 Å². The maximum absolute atomic E-state index is 12.3. The summed E-state index contributed by atoms with van der Waals surface area (Å²) in [6.07, 6.45) is 0.528. The van der Waals surface area contributed by atoms with Gasteiger partial charge in [0.05, 0.1) is 5.92 Å². The Bertz CT molecular complexity index is 378. The molecule has 0 saturated heterocycles. The van der Waals surface area contributed by atoms with Crippen molar-refractivity contribution in [1.29, 1.82) is 0 Å². The Balaban J connectivity index is 5.27. The molecule has 0 heterocycles. The molecule has 21 heavy (non-hydrogen) atoms. The molecule has 0 rings (SSSR count). The summed E-state index contributed by atoms with van der Waals surface area (Å²) in [6.45, 7) is 8.89. The van der Waals surface area contributed by atoms with E-state index in [1.165, 1.54) is 11.8 Å². The van der Waals surface area contributed by atoms with E-state index in [0.29, 0.717) is 6.42 Å². The maximum atomic E-state index is 12.3. The van der Waals surface area contributed by atoms with Gasteiger partial charge in [-0.25, -0.2) is 4.79 Å². The summed E-state index contributed by atoms with van der Waals surface area (Å²) < 4.78 is 0. The Hall–Kier alpha value is -1.59. The first kappa shape index (κ1) is 19.4. The molecule has 2 unspecified atom stereocenters. The van der Waals surface area contributed by atoms with Gasteiger partial charge in [0.2, 0.25) is 5.91 Å². The molecule has 2 atom stereocenters. The molecule has 0 aromatic rings. The molecule has 122 valence electrons. The van der Waals surface area contributed by atoms with Crippen molar-refractivity contribution in [3.8, 4) is 0 Å². The lowest BCUT2D eigenvalue weighted by Crippen LogP contribution is -2.48. The van der Waals surface area contributed by atoms with Crippen LogP contribution >= 0.6 is 0 Å². The lowest BCUT2D eigenvalue weighted by atomic mass is 9.99. The molecule has 0 aliphatic rings. The van der Waals surface area contributed by atoms with E-state index < -0.39 is 23.9 Å². The van der Waals surface area contributed by atoms with Crippen LogP contribution in [-0.2, 0) is 14.4 Å². The fraction of sp³-hybridized carbons (Fsp3) is 0.800. The number of carboxylic acid groups (broad SMARTS) is 2. The van der Waals surface area contributed by atoms with Crippen LogP contribution in [0, 0.1) is 17.8 Å². The summed E-state index contributed by atoms with van der Waals surface area (Å²) in [5.74, 6) is -3.03. The van der Waals surface area contributed by atoms with Gasteiger partial charge in [-0.1, -0.05) is 34.6 Å². The van der Waals surface area contributed by atoms with Crippen LogP contribution < -0.4 is 0 Å². The largest absolute Gasteiger partial charge is 0.481 e. The fourth-order valence-electron chi connectivity index (χ4n) is 2.05. The first-order chi connectivity index (χ1) is 9.56. The van der Waals surface area contributed by atoms with Gasteiger partial charge in [0.25, 0.3) is 0 Å². The molecule has 0 saturated carbocycles. The molecular formula is C15H27NO5. The number of carboxylic acids is 2. The second-order valence-corrected chi connectivity index (χ2v) is 6.37. The van der Waals surface area contributed by atoms with E-state index in [4.69, 9.17) is 5.11 Å². The van der Waals surface area contributed by atoms with E-state index >= 15 is 0 Å². The van der Waals surface area contributed by atoms with Crippen molar-refractivity contribution < 1.29 is 24.6 Å². The van der Waals surface area contributed by atoms with Crippen LogP contribution in [0.4, 0.5) is 0 Å². The van der Waals surface area contributed by atoms with Crippen molar-refractivity contribution in [2.24, 2.45) is 17.8 Å². The molecule has 0 bridgehead atoms. The highest BCUT2D eigenvalue weighted by atomic mass is 16.4. The quantitative estimate of drug-likeness (QED) is 0.680. The van der Waals surface area contributed by atoms with E-state index in [2.05, 4.69) is 0 Å². The van der Waals surface area contributed by atoms with Crippen molar-refractivity contribution in [1.82, 2.24) is 4.90 Å². The molecule has 6 heteroatoms. The summed E-state index contributed by atoms with van der Waals surface area (Å²) in [4.78, 5) is 36.0. The van der Waals surface area contributed by atoms with Crippen LogP contribution in [0.15, 0.2) is 0 Å². The van der Waals surface area contributed by atoms with E-state index in [-0.39, 0.29) is 30.7 Å². The predicted molar refractivity (Wildman–Crippen MR) is 78.8 cm³/mol. The summed E-state index contributed by atoms with van der Waals surface area (Å²) in [6, 6.07) is -0.974. The average molecular weight is 301 g/mol. The highest BCUT2D eigenvalue weighted by Crippen LogP contribution is 2.17. The van der Waals surface area contributed by atoms with Gasteiger partial charge in [-0.15, -0.1) is 0 Å². The average Bonchev–Trinajstić information content (AvgIpc) is 2.31. The van der Waals surface area contributed by atoms with Crippen molar-refractivity contribution in [2.45, 2.75) is 53.5 Å². The molecule has 6 nitrogen and oxygen atoms in total. The zero-order chi connectivity index (χ0) is 16.7. The number of nitrogens with zero attached hydrogens (tertiary/aromatic N) is 1. The number of carbonyl (C=O) groups excluding carboxylic acids is 1. The summed E-state index contributed by atoms with van der Waals surface area (Å²) in [5, 5.41) is 18.4. The minimum Gasteiger partial charge on any atom is -0.481 e. The van der Waals surface area contributed by atoms with Crippen LogP contribution in [0.1, 0.15) is 47.5 Å². The van der Waals surface area contributed by atoms with Crippen LogP contribution in [0.25, 0.3) is 0 Å². The fourth-order valence-corrected chi connectivity index (χ4v) is 2.05. The molecule has 1 amide bonds. The third-order valence-electron chi connectivity index (χ3n) is 3.15. The van der Waals surface area contributed by atoms with Gasteiger partial charge in [-0.3, -0.25) is 9.59 Å².